The molecule has 3 rings (SSSR count). The molecule has 0 spiro atoms. The number of primary amides is 1. The fourth-order valence-corrected chi connectivity index (χ4v) is 3.70. The molecule has 1 heterocycles. The third-order valence-electron chi connectivity index (χ3n) is 4.01. The van der Waals surface area contributed by atoms with Crippen LogP contribution in [0.1, 0.15) is 11.1 Å². The van der Waals surface area contributed by atoms with Gasteiger partial charge in [-0.25, -0.2) is 0 Å². The number of hydrogen-bond donors (Lipinski definition) is 2. The number of anilines is 1. The highest BCUT2D eigenvalue weighted by atomic mass is 32.1. The van der Waals surface area contributed by atoms with Crippen LogP contribution in [0, 0.1) is 3.95 Å². The first-order valence-corrected chi connectivity index (χ1v) is 9.52. The maximum absolute atomic E-state index is 13.1. The zero-order valence-corrected chi connectivity index (χ0v) is 16.0. The molecule has 0 aliphatic carbocycles. The van der Waals surface area contributed by atoms with Crippen LogP contribution >= 0.6 is 23.6 Å². The lowest BCUT2D eigenvalue weighted by molar-refractivity contribution is -0.124. The average molecular weight is 399 g/mol. The summed E-state index contributed by atoms with van der Waals surface area (Å²) in [5.41, 5.74) is 7.41. The van der Waals surface area contributed by atoms with E-state index in [1.807, 2.05) is 60.7 Å². The van der Waals surface area contributed by atoms with Crippen molar-refractivity contribution in [3.8, 4) is 0 Å². The molecule has 1 unspecified atom stereocenters. The van der Waals surface area contributed by atoms with Crippen molar-refractivity contribution in [1.82, 2.24) is 10.2 Å². The zero-order valence-electron chi connectivity index (χ0n) is 14.4. The molecule has 2 amide bonds. The van der Waals surface area contributed by atoms with E-state index in [1.54, 1.807) is 0 Å². The summed E-state index contributed by atoms with van der Waals surface area (Å²) >= 11 is 6.23. The number of H-pyrrole nitrogens is 1. The Morgan fingerprint density at radius 2 is 1.67 bits per heavy atom. The molecule has 0 aliphatic heterocycles. The highest BCUT2D eigenvalue weighted by molar-refractivity contribution is 7.73. The summed E-state index contributed by atoms with van der Waals surface area (Å²) in [6.07, 6.45) is 0.425. The predicted octanol–water partition coefficient (Wildman–Crippen LogP) is 2.87. The highest BCUT2D eigenvalue weighted by Gasteiger charge is 2.32. The summed E-state index contributed by atoms with van der Waals surface area (Å²) in [6, 6.07) is 17.9. The van der Waals surface area contributed by atoms with Gasteiger partial charge in [0.15, 0.2) is 3.95 Å². The molecule has 0 saturated heterocycles. The van der Waals surface area contributed by atoms with Gasteiger partial charge < -0.3 is 5.73 Å². The summed E-state index contributed by atoms with van der Waals surface area (Å²) in [6.45, 7) is 0. The SMILES string of the molecule is NC(=O)C(Cc1ccccc1)N(C(=O)Cc1ccccc1)c1n[nH]c(=S)s1. The fourth-order valence-electron chi connectivity index (χ4n) is 2.75. The number of rotatable bonds is 7. The first-order valence-electron chi connectivity index (χ1n) is 8.29. The number of aromatic nitrogens is 2. The minimum absolute atomic E-state index is 0.131. The molecule has 2 aromatic carbocycles. The molecule has 3 N–H and O–H groups in total. The van der Waals surface area contributed by atoms with Gasteiger partial charge in [-0.3, -0.25) is 19.6 Å². The van der Waals surface area contributed by atoms with Crippen LogP contribution in [-0.2, 0) is 22.4 Å². The van der Waals surface area contributed by atoms with Crippen LogP contribution in [0.15, 0.2) is 60.7 Å². The molecule has 1 aromatic heterocycles. The van der Waals surface area contributed by atoms with E-state index in [2.05, 4.69) is 10.2 Å². The summed E-state index contributed by atoms with van der Waals surface area (Å²) in [5, 5.41) is 7.11. The van der Waals surface area contributed by atoms with Gasteiger partial charge in [0.2, 0.25) is 16.9 Å². The van der Waals surface area contributed by atoms with Crippen LogP contribution in [0.25, 0.3) is 0 Å². The van der Waals surface area contributed by atoms with Crippen molar-refractivity contribution >= 4 is 40.5 Å². The van der Waals surface area contributed by atoms with Gasteiger partial charge in [-0.1, -0.05) is 72.0 Å². The standard InChI is InChI=1S/C19H18N4O2S2/c20-17(25)15(11-13-7-3-1-4-8-13)23(18-21-22-19(26)27-18)16(24)12-14-9-5-2-6-10-14/h1-10,15H,11-12H2,(H2,20,25)(H,22,26). The molecule has 0 bridgehead atoms. The second kappa shape index (κ2) is 8.70. The second-order valence-electron chi connectivity index (χ2n) is 5.93. The number of amides is 2. The van der Waals surface area contributed by atoms with E-state index in [4.69, 9.17) is 18.0 Å². The van der Waals surface area contributed by atoms with Gasteiger partial charge in [-0.15, -0.1) is 5.10 Å². The number of carbonyl (C=O) groups is 2. The fraction of sp³-hybridized carbons (Fsp3) is 0.158. The van der Waals surface area contributed by atoms with Crippen LogP contribution in [0.5, 0.6) is 0 Å². The Morgan fingerprint density at radius 3 is 2.19 bits per heavy atom. The van der Waals surface area contributed by atoms with E-state index in [-0.39, 0.29) is 12.3 Å². The van der Waals surface area contributed by atoms with Crippen molar-refractivity contribution in [3.05, 3.63) is 75.7 Å². The number of carbonyl (C=O) groups excluding carboxylic acids is 2. The van der Waals surface area contributed by atoms with Crippen molar-refractivity contribution < 1.29 is 9.59 Å². The van der Waals surface area contributed by atoms with Crippen molar-refractivity contribution in [3.63, 3.8) is 0 Å². The number of aromatic amines is 1. The van der Waals surface area contributed by atoms with Crippen LogP contribution in [0.4, 0.5) is 5.13 Å². The summed E-state index contributed by atoms with van der Waals surface area (Å²) in [5.74, 6) is -0.861. The van der Waals surface area contributed by atoms with Crippen molar-refractivity contribution in [2.45, 2.75) is 18.9 Å². The number of benzene rings is 2. The third-order valence-corrected chi connectivity index (χ3v) is 5.10. The summed E-state index contributed by atoms with van der Waals surface area (Å²) in [4.78, 5) is 26.7. The molecule has 0 saturated carbocycles. The summed E-state index contributed by atoms with van der Waals surface area (Å²) in [7, 11) is 0. The van der Waals surface area contributed by atoms with Crippen LogP contribution in [0.2, 0.25) is 0 Å². The van der Waals surface area contributed by atoms with E-state index in [9.17, 15) is 9.59 Å². The lowest BCUT2D eigenvalue weighted by Gasteiger charge is -2.27. The van der Waals surface area contributed by atoms with Gasteiger partial charge in [-0.2, -0.15) is 0 Å². The lowest BCUT2D eigenvalue weighted by Crippen LogP contribution is -2.50. The Morgan fingerprint density at radius 1 is 1.07 bits per heavy atom. The van der Waals surface area contributed by atoms with Crippen molar-refractivity contribution in [2.24, 2.45) is 5.73 Å². The first kappa shape index (κ1) is 18.9. The van der Waals surface area contributed by atoms with Crippen molar-refractivity contribution in [2.75, 3.05) is 4.90 Å². The predicted molar refractivity (Wildman–Crippen MR) is 108 cm³/mol. The molecular formula is C19H18N4O2S2. The Kier molecular flexibility index (Phi) is 6.10. The Labute approximate surface area is 165 Å². The Balaban J connectivity index is 1.95. The molecular weight excluding hydrogens is 380 g/mol. The van der Waals surface area contributed by atoms with E-state index < -0.39 is 11.9 Å². The molecule has 8 heteroatoms. The third kappa shape index (κ3) is 4.87. The van der Waals surface area contributed by atoms with Gasteiger partial charge in [0.05, 0.1) is 6.42 Å². The maximum atomic E-state index is 13.1. The molecule has 6 nitrogen and oxygen atoms in total. The van der Waals surface area contributed by atoms with E-state index in [0.29, 0.717) is 15.5 Å². The van der Waals surface area contributed by atoms with E-state index in [0.717, 1.165) is 22.5 Å². The van der Waals surface area contributed by atoms with Gasteiger partial charge in [0, 0.05) is 6.42 Å². The largest absolute Gasteiger partial charge is 0.368 e. The molecule has 0 aliphatic rings. The molecule has 3 aromatic rings. The van der Waals surface area contributed by atoms with Gasteiger partial charge in [0.25, 0.3) is 0 Å². The number of nitrogens with one attached hydrogen (secondary N) is 1. The molecule has 0 fully saturated rings. The van der Waals surface area contributed by atoms with Crippen LogP contribution < -0.4 is 10.6 Å². The molecule has 27 heavy (non-hydrogen) atoms. The topological polar surface area (TPSA) is 92.1 Å². The minimum atomic E-state index is -0.863. The first-order chi connectivity index (χ1) is 13.0. The van der Waals surface area contributed by atoms with Crippen LogP contribution in [0.3, 0.4) is 0 Å². The van der Waals surface area contributed by atoms with Gasteiger partial charge in [-0.05, 0) is 23.3 Å². The minimum Gasteiger partial charge on any atom is -0.368 e. The number of nitrogens with zero attached hydrogens (tertiary/aromatic N) is 2. The number of nitrogens with two attached hydrogens (primary N) is 1. The highest BCUT2D eigenvalue weighted by Crippen LogP contribution is 2.23. The monoisotopic (exact) mass is 398 g/mol. The Bertz CT molecular complexity index is 970. The molecule has 138 valence electrons. The lowest BCUT2D eigenvalue weighted by atomic mass is 10.0. The normalized spacial score (nSPS) is 11.7. The smallest absolute Gasteiger partial charge is 0.241 e. The summed E-state index contributed by atoms with van der Waals surface area (Å²) < 4.78 is 0.422. The van der Waals surface area contributed by atoms with E-state index >= 15 is 0 Å². The van der Waals surface area contributed by atoms with Crippen LogP contribution in [-0.4, -0.2) is 28.1 Å². The quantitative estimate of drug-likeness (QED) is 0.599. The Hall–Kier alpha value is -2.84. The molecule has 1 atom stereocenters. The molecule has 0 radical (unpaired) electrons. The van der Waals surface area contributed by atoms with Gasteiger partial charge in [0.1, 0.15) is 6.04 Å². The van der Waals surface area contributed by atoms with Gasteiger partial charge >= 0.3 is 0 Å². The van der Waals surface area contributed by atoms with E-state index in [1.165, 1.54) is 4.90 Å². The number of hydrogen-bond acceptors (Lipinski definition) is 5. The zero-order chi connectivity index (χ0) is 19.2. The average Bonchev–Trinajstić information content (AvgIpc) is 3.08. The second-order valence-corrected chi connectivity index (χ2v) is 7.57. The van der Waals surface area contributed by atoms with Crippen molar-refractivity contribution in [1.29, 1.82) is 0 Å². The maximum Gasteiger partial charge on any atom is 0.241 e.